The molecule has 36 heavy (non-hydrogen) atoms. The van der Waals surface area contributed by atoms with Crippen molar-refractivity contribution in [1.82, 2.24) is 29.4 Å². The molecule has 1 atom stereocenters. The highest BCUT2D eigenvalue weighted by atomic mass is 16.3. The van der Waals surface area contributed by atoms with Crippen LogP contribution >= 0.6 is 0 Å². The number of fused-ring (bicyclic) bond motifs is 1. The van der Waals surface area contributed by atoms with Crippen molar-refractivity contribution in [2.75, 3.05) is 18.4 Å². The molecule has 5 rings (SSSR count). The smallest absolute Gasteiger partial charge is 0.274 e. The molecule has 3 aromatic rings. The number of hydrogen-bond acceptors (Lipinski definition) is 7. The van der Waals surface area contributed by atoms with E-state index in [1.165, 1.54) is 11.8 Å². The second kappa shape index (κ2) is 10.9. The minimum absolute atomic E-state index is 0.0509. The number of likely N-dealkylation sites (tertiary alicyclic amines) is 1. The number of nitrogens with zero attached hydrogens (tertiary/aromatic N) is 6. The largest absolute Gasteiger partial charge is 0.393 e. The van der Waals surface area contributed by atoms with E-state index in [0.29, 0.717) is 42.7 Å². The van der Waals surface area contributed by atoms with E-state index in [1.807, 2.05) is 11.1 Å². The summed E-state index contributed by atoms with van der Waals surface area (Å²) in [6.45, 7) is 5.73. The Morgan fingerprint density at radius 1 is 1.11 bits per heavy atom. The number of aliphatic hydroxyl groups excluding tert-OH is 1. The maximum absolute atomic E-state index is 12.8. The van der Waals surface area contributed by atoms with Crippen LogP contribution in [-0.4, -0.2) is 65.7 Å². The fourth-order valence-electron chi connectivity index (χ4n) is 5.75. The highest BCUT2D eigenvalue weighted by molar-refractivity contribution is 5.92. The van der Waals surface area contributed by atoms with Gasteiger partial charge in [0, 0.05) is 55.3 Å². The molecule has 0 aromatic carbocycles. The van der Waals surface area contributed by atoms with Crippen LogP contribution in [-0.2, 0) is 0 Å². The van der Waals surface area contributed by atoms with E-state index in [2.05, 4.69) is 44.9 Å². The highest BCUT2D eigenvalue weighted by Gasteiger charge is 2.30. The van der Waals surface area contributed by atoms with Gasteiger partial charge in [-0.3, -0.25) is 9.78 Å². The number of carbonyl (C=O) groups is 1. The van der Waals surface area contributed by atoms with Gasteiger partial charge in [-0.25, -0.2) is 9.97 Å². The molecule has 0 bridgehead atoms. The van der Waals surface area contributed by atoms with Crippen LogP contribution in [0.4, 0.5) is 5.95 Å². The SMILES string of the molecule is CCCC(C)Nc1ncc2c(C3CCN(C(=O)c4cnccn4)CC3)cn(C3CCC(O)CC3)c2n1. The van der Waals surface area contributed by atoms with Crippen LogP contribution in [0, 0.1) is 0 Å². The van der Waals surface area contributed by atoms with E-state index < -0.39 is 0 Å². The van der Waals surface area contributed by atoms with Crippen LogP contribution < -0.4 is 5.32 Å². The number of aromatic nitrogens is 5. The number of carbonyl (C=O) groups excluding carboxylic acids is 1. The number of amides is 1. The predicted molar refractivity (Wildman–Crippen MR) is 139 cm³/mol. The normalized spacial score (nSPS) is 22.0. The minimum atomic E-state index is -0.194. The Bertz CT molecular complexity index is 1170. The molecule has 9 heteroatoms. The van der Waals surface area contributed by atoms with Gasteiger partial charge in [0.25, 0.3) is 5.91 Å². The monoisotopic (exact) mass is 491 g/mol. The molecule has 0 radical (unpaired) electrons. The van der Waals surface area contributed by atoms with Crippen LogP contribution in [0.3, 0.4) is 0 Å². The molecule has 2 aliphatic rings. The van der Waals surface area contributed by atoms with Gasteiger partial charge in [0.2, 0.25) is 5.95 Å². The third kappa shape index (κ3) is 5.21. The maximum Gasteiger partial charge on any atom is 0.274 e. The molecule has 1 aliphatic carbocycles. The van der Waals surface area contributed by atoms with Gasteiger partial charge in [-0.2, -0.15) is 4.98 Å². The molecule has 2 N–H and O–H groups in total. The van der Waals surface area contributed by atoms with E-state index in [1.54, 1.807) is 12.4 Å². The van der Waals surface area contributed by atoms with Crippen LogP contribution in [0.1, 0.15) is 93.2 Å². The number of aliphatic hydroxyl groups is 1. The molecule has 9 nitrogen and oxygen atoms in total. The van der Waals surface area contributed by atoms with Crippen molar-refractivity contribution in [2.24, 2.45) is 0 Å². The van der Waals surface area contributed by atoms with Gasteiger partial charge in [0.1, 0.15) is 11.3 Å². The van der Waals surface area contributed by atoms with E-state index >= 15 is 0 Å². The lowest BCUT2D eigenvalue weighted by molar-refractivity contribution is 0.0706. The number of anilines is 1. The van der Waals surface area contributed by atoms with Crippen LogP contribution in [0.2, 0.25) is 0 Å². The molecular weight excluding hydrogens is 454 g/mol. The zero-order valence-corrected chi connectivity index (χ0v) is 21.3. The Kier molecular flexibility index (Phi) is 7.46. The first kappa shape index (κ1) is 24.6. The van der Waals surface area contributed by atoms with Gasteiger partial charge in [-0.05, 0) is 63.4 Å². The maximum atomic E-state index is 12.8. The lowest BCUT2D eigenvalue weighted by Crippen LogP contribution is -2.38. The predicted octanol–water partition coefficient (Wildman–Crippen LogP) is 4.32. The number of nitrogens with one attached hydrogen (secondary N) is 1. The number of piperidine rings is 1. The molecule has 1 amide bonds. The Hall–Kier alpha value is -3.07. The van der Waals surface area contributed by atoms with Crippen molar-refractivity contribution in [2.45, 2.75) is 89.3 Å². The highest BCUT2D eigenvalue weighted by Crippen LogP contribution is 2.38. The van der Waals surface area contributed by atoms with Crippen LogP contribution in [0.15, 0.2) is 31.0 Å². The summed E-state index contributed by atoms with van der Waals surface area (Å²) < 4.78 is 2.34. The molecule has 1 saturated heterocycles. The lowest BCUT2D eigenvalue weighted by Gasteiger charge is -2.31. The zero-order chi connectivity index (χ0) is 25.1. The number of rotatable bonds is 7. The molecule has 192 valence electrons. The number of hydrogen-bond donors (Lipinski definition) is 2. The van der Waals surface area contributed by atoms with Crippen molar-refractivity contribution >= 4 is 22.9 Å². The molecule has 1 saturated carbocycles. The van der Waals surface area contributed by atoms with Gasteiger partial charge in [0.15, 0.2) is 0 Å². The van der Waals surface area contributed by atoms with Crippen molar-refractivity contribution in [3.8, 4) is 0 Å². The van der Waals surface area contributed by atoms with Crippen LogP contribution in [0.5, 0.6) is 0 Å². The van der Waals surface area contributed by atoms with E-state index in [-0.39, 0.29) is 12.0 Å². The van der Waals surface area contributed by atoms with Crippen molar-refractivity contribution in [3.63, 3.8) is 0 Å². The van der Waals surface area contributed by atoms with Crippen LogP contribution in [0.25, 0.3) is 11.0 Å². The molecule has 1 aliphatic heterocycles. The minimum Gasteiger partial charge on any atom is -0.393 e. The average Bonchev–Trinajstić information content (AvgIpc) is 3.28. The first-order valence-electron chi connectivity index (χ1n) is 13.4. The summed E-state index contributed by atoms with van der Waals surface area (Å²) in [5, 5.41) is 14.6. The van der Waals surface area contributed by atoms with Gasteiger partial charge >= 0.3 is 0 Å². The summed E-state index contributed by atoms with van der Waals surface area (Å²) in [4.78, 5) is 32.6. The molecule has 2 fully saturated rings. The lowest BCUT2D eigenvalue weighted by atomic mass is 9.89. The first-order valence-corrected chi connectivity index (χ1v) is 13.4. The summed E-state index contributed by atoms with van der Waals surface area (Å²) in [5.41, 5.74) is 2.65. The second-order valence-electron chi connectivity index (χ2n) is 10.4. The average molecular weight is 492 g/mol. The summed E-state index contributed by atoms with van der Waals surface area (Å²) in [7, 11) is 0. The van der Waals surface area contributed by atoms with Crippen molar-refractivity contribution in [3.05, 3.63) is 42.2 Å². The fraction of sp³-hybridized carbons (Fsp3) is 0.593. The molecule has 4 heterocycles. The van der Waals surface area contributed by atoms with E-state index in [4.69, 9.17) is 4.98 Å². The summed E-state index contributed by atoms with van der Waals surface area (Å²) in [6, 6.07) is 0.648. The Morgan fingerprint density at radius 2 is 1.89 bits per heavy atom. The quantitative estimate of drug-likeness (QED) is 0.507. The van der Waals surface area contributed by atoms with Gasteiger partial charge < -0.3 is 19.9 Å². The Morgan fingerprint density at radius 3 is 2.58 bits per heavy atom. The summed E-state index contributed by atoms with van der Waals surface area (Å²) >= 11 is 0. The Balaban J connectivity index is 1.39. The Labute approximate surface area is 212 Å². The first-order chi connectivity index (χ1) is 17.5. The summed E-state index contributed by atoms with van der Waals surface area (Å²) in [5.74, 6) is 0.967. The fourth-order valence-corrected chi connectivity index (χ4v) is 5.75. The second-order valence-corrected chi connectivity index (χ2v) is 10.4. The van der Waals surface area contributed by atoms with Gasteiger partial charge in [-0.15, -0.1) is 0 Å². The third-order valence-electron chi connectivity index (χ3n) is 7.76. The van der Waals surface area contributed by atoms with Crippen molar-refractivity contribution < 1.29 is 9.90 Å². The molecular formula is C27H37N7O2. The molecule has 1 unspecified atom stereocenters. The molecule has 3 aromatic heterocycles. The van der Waals surface area contributed by atoms with E-state index in [0.717, 1.165) is 62.4 Å². The van der Waals surface area contributed by atoms with E-state index in [9.17, 15) is 9.90 Å². The standard InChI is InChI=1S/C27H37N7O2/c1-3-4-18(2)31-27-30-15-22-23(17-34(25(22)32-27)20-5-7-21(35)8-6-20)19-9-13-33(14-10-19)26(36)24-16-28-11-12-29-24/h11-12,15-21,35H,3-10,13-14H2,1-2H3,(H,30,31,32). The van der Waals surface area contributed by atoms with Crippen molar-refractivity contribution in [1.29, 1.82) is 0 Å². The molecule has 0 spiro atoms. The van der Waals surface area contributed by atoms with Gasteiger partial charge in [0.05, 0.1) is 12.3 Å². The third-order valence-corrected chi connectivity index (χ3v) is 7.76. The van der Waals surface area contributed by atoms with Gasteiger partial charge in [-0.1, -0.05) is 13.3 Å². The zero-order valence-electron chi connectivity index (χ0n) is 21.3. The topological polar surface area (TPSA) is 109 Å². The summed E-state index contributed by atoms with van der Waals surface area (Å²) in [6.07, 6.45) is 16.3.